The molecule has 1 nitrogen and oxygen atoms in total. The minimum absolute atomic E-state index is 1.11. The summed E-state index contributed by atoms with van der Waals surface area (Å²) in [7, 11) is 0. The number of rotatable bonds is 9. The number of benzene rings is 2. The van der Waals surface area contributed by atoms with Crippen molar-refractivity contribution in [1.29, 1.82) is 0 Å². The zero-order chi connectivity index (χ0) is 18.4. The van der Waals surface area contributed by atoms with Gasteiger partial charge in [0.15, 0.2) is 0 Å². The van der Waals surface area contributed by atoms with E-state index in [1.807, 2.05) is 0 Å². The van der Waals surface area contributed by atoms with Gasteiger partial charge in [-0.2, -0.15) is 0 Å². The first-order valence-corrected chi connectivity index (χ1v) is 10.6. The number of aromatic nitrogens is 1. The molecule has 138 valence electrons. The van der Waals surface area contributed by atoms with Crippen LogP contribution in [0.2, 0.25) is 0 Å². The number of aryl methyl sites for hydroxylation is 2. The molecule has 0 aliphatic rings. The molecule has 0 bridgehead atoms. The van der Waals surface area contributed by atoms with Crippen LogP contribution in [-0.2, 0) is 19.3 Å². The van der Waals surface area contributed by atoms with Gasteiger partial charge >= 0.3 is 0 Å². The number of hydrogen-bond acceptors (Lipinski definition) is 1. The molecule has 0 radical (unpaired) electrons. The van der Waals surface area contributed by atoms with Gasteiger partial charge < -0.3 is 0 Å². The summed E-state index contributed by atoms with van der Waals surface area (Å²) < 4.78 is 0. The second-order valence-electron chi connectivity index (χ2n) is 7.55. The van der Waals surface area contributed by atoms with Crippen LogP contribution in [-0.4, -0.2) is 4.98 Å². The molecule has 0 aliphatic carbocycles. The predicted octanol–water partition coefficient (Wildman–Crippen LogP) is 7.42. The Labute approximate surface area is 158 Å². The summed E-state index contributed by atoms with van der Waals surface area (Å²) in [5.41, 5.74) is 7.09. The van der Waals surface area contributed by atoms with Crippen molar-refractivity contribution < 1.29 is 0 Å². The van der Waals surface area contributed by atoms with Gasteiger partial charge in [0.05, 0.1) is 11.0 Å². The van der Waals surface area contributed by atoms with E-state index in [2.05, 4.69) is 57.2 Å². The Bertz CT molecular complexity index is 863. The maximum Gasteiger partial charge on any atom is 0.0715 e. The van der Waals surface area contributed by atoms with Crippen molar-refractivity contribution in [2.75, 3.05) is 0 Å². The molecular formula is C25H33N. The molecule has 0 aliphatic heterocycles. The Balaban J connectivity index is 2.23. The molecule has 3 rings (SSSR count). The van der Waals surface area contributed by atoms with Crippen LogP contribution < -0.4 is 0 Å². The van der Waals surface area contributed by atoms with E-state index < -0.39 is 0 Å². The van der Waals surface area contributed by atoms with Gasteiger partial charge in [0.1, 0.15) is 0 Å². The quantitative estimate of drug-likeness (QED) is 0.367. The first kappa shape index (κ1) is 18.9. The van der Waals surface area contributed by atoms with Crippen LogP contribution in [0.1, 0.15) is 76.0 Å². The molecule has 2 aromatic carbocycles. The van der Waals surface area contributed by atoms with Crippen molar-refractivity contribution in [2.45, 2.75) is 78.6 Å². The Morgan fingerprint density at radius 3 is 2.08 bits per heavy atom. The van der Waals surface area contributed by atoms with Crippen molar-refractivity contribution in [3.63, 3.8) is 0 Å². The number of pyridine rings is 1. The summed E-state index contributed by atoms with van der Waals surface area (Å²) in [6.07, 6.45) is 11.2. The van der Waals surface area contributed by atoms with Crippen LogP contribution >= 0.6 is 0 Å². The van der Waals surface area contributed by atoms with Crippen LogP contribution in [0.3, 0.4) is 0 Å². The monoisotopic (exact) mass is 347 g/mol. The molecule has 0 atom stereocenters. The summed E-state index contributed by atoms with van der Waals surface area (Å²) in [4.78, 5) is 5.04. The Morgan fingerprint density at radius 2 is 1.35 bits per heavy atom. The summed E-state index contributed by atoms with van der Waals surface area (Å²) in [6.45, 7) is 6.88. The largest absolute Gasteiger partial charge is 0.248 e. The van der Waals surface area contributed by atoms with E-state index in [0.717, 1.165) is 5.52 Å². The molecule has 0 saturated carbocycles. The zero-order valence-electron chi connectivity index (χ0n) is 16.8. The smallest absolute Gasteiger partial charge is 0.0715 e. The van der Waals surface area contributed by atoms with Crippen molar-refractivity contribution in [3.8, 4) is 0 Å². The molecule has 3 aromatic rings. The van der Waals surface area contributed by atoms with Crippen molar-refractivity contribution in [2.24, 2.45) is 0 Å². The molecule has 26 heavy (non-hydrogen) atoms. The van der Waals surface area contributed by atoms with Gasteiger partial charge in [-0.3, -0.25) is 0 Å². The van der Waals surface area contributed by atoms with Gasteiger partial charge in [-0.15, -0.1) is 0 Å². The lowest BCUT2D eigenvalue weighted by atomic mass is 9.87. The average molecular weight is 348 g/mol. The molecule has 1 heteroatoms. The van der Waals surface area contributed by atoms with E-state index in [9.17, 15) is 0 Å². The summed E-state index contributed by atoms with van der Waals surface area (Å²) >= 11 is 0. The Hall–Kier alpha value is -1.89. The third-order valence-electron chi connectivity index (χ3n) is 5.50. The lowest BCUT2D eigenvalue weighted by molar-refractivity contribution is 0.738. The first-order valence-electron chi connectivity index (χ1n) is 10.6. The third-order valence-corrected chi connectivity index (χ3v) is 5.50. The second-order valence-corrected chi connectivity index (χ2v) is 7.55. The molecule has 0 fully saturated rings. The fraction of sp³-hybridized carbons (Fsp3) is 0.480. The molecule has 0 N–H and O–H groups in total. The highest BCUT2D eigenvalue weighted by Crippen LogP contribution is 2.31. The van der Waals surface area contributed by atoms with Crippen LogP contribution in [0.25, 0.3) is 21.8 Å². The summed E-state index contributed by atoms with van der Waals surface area (Å²) in [6, 6.07) is 13.3. The normalized spacial score (nSPS) is 11.5. The minimum atomic E-state index is 1.11. The van der Waals surface area contributed by atoms with E-state index in [1.165, 1.54) is 74.1 Å². The molecule has 0 saturated heterocycles. The van der Waals surface area contributed by atoms with E-state index in [-0.39, 0.29) is 0 Å². The summed E-state index contributed by atoms with van der Waals surface area (Å²) in [5, 5.41) is 2.66. The number of unbranched alkanes of at least 4 members (excludes halogenated alkanes) is 3. The van der Waals surface area contributed by atoms with Gasteiger partial charge in [0.25, 0.3) is 0 Å². The Kier molecular flexibility index (Phi) is 6.66. The number of para-hydroxylation sites is 1. The molecule has 1 heterocycles. The second kappa shape index (κ2) is 9.16. The molecule has 1 aromatic heterocycles. The van der Waals surface area contributed by atoms with Gasteiger partial charge in [-0.1, -0.05) is 58.2 Å². The molecule has 0 spiro atoms. The van der Waals surface area contributed by atoms with Crippen LogP contribution in [0.15, 0.2) is 36.4 Å². The van der Waals surface area contributed by atoms with Crippen LogP contribution in [0.4, 0.5) is 0 Å². The van der Waals surface area contributed by atoms with Crippen LogP contribution in [0.5, 0.6) is 0 Å². The van der Waals surface area contributed by atoms with Crippen molar-refractivity contribution in [3.05, 3.63) is 53.1 Å². The third kappa shape index (κ3) is 4.09. The number of hydrogen-bond donors (Lipinski definition) is 0. The standard InChI is InChI=1S/C25H33N/c1-4-7-12-19-18-25-23(17-20-13-10-11-16-24(20)26-25)22(15-9-6-3)21(19)14-8-5-2/h10-11,13,16-18H,4-9,12,14-15H2,1-3H3. The fourth-order valence-corrected chi connectivity index (χ4v) is 3.99. The lowest BCUT2D eigenvalue weighted by Gasteiger charge is -2.18. The lowest BCUT2D eigenvalue weighted by Crippen LogP contribution is -2.04. The molecular weight excluding hydrogens is 314 g/mol. The van der Waals surface area contributed by atoms with E-state index >= 15 is 0 Å². The van der Waals surface area contributed by atoms with E-state index in [1.54, 1.807) is 16.7 Å². The molecule has 0 unspecified atom stereocenters. The maximum atomic E-state index is 5.04. The predicted molar refractivity (Wildman–Crippen MR) is 115 cm³/mol. The minimum Gasteiger partial charge on any atom is -0.248 e. The zero-order valence-corrected chi connectivity index (χ0v) is 16.8. The number of fused-ring (bicyclic) bond motifs is 2. The maximum absolute atomic E-state index is 5.04. The van der Waals surface area contributed by atoms with Crippen molar-refractivity contribution >= 4 is 21.8 Å². The molecule has 0 amide bonds. The van der Waals surface area contributed by atoms with Gasteiger partial charge in [0.2, 0.25) is 0 Å². The highest BCUT2D eigenvalue weighted by Gasteiger charge is 2.14. The Morgan fingerprint density at radius 1 is 0.692 bits per heavy atom. The topological polar surface area (TPSA) is 12.9 Å². The van der Waals surface area contributed by atoms with Gasteiger partial charge in [0, 0.05) is 10.8 Å². The SMILES string of the molecule is CCCCc1cc2nc3ccccc3cc2c(CCCC)c1CCCC. The summed E-state index contributed by atoms with van der Waals surface area (Å²) in [5.74, 6) is 0. The average Bonchev–Trinajstić information content (AvgIpc) is 2.67. The van der Waals surface area contributed by atoms with E-state index in [0.29, 0.717) is 0 Å². The highest BCUT2D eigenvalue weighted by molar-refractivity contribution is 5.95. The van der Waals surface area contributed by atoms with Gasteiger partial charge in [-0.25, -0.2) is 4.98 Å². The number of nitrogens with zero attached hydrogens (tertiary/aromatic N) is 1. The van der Waals surface area contributed by atoms with E-state index in [4.69, 9.17) is 4.98 Å². The fourth-order valence-electron chi connectivity index (χ4n) is 3.99. The van der Waals surface area contributed by atoms with Gasteiger partial charge in [-0.05, 0) is 73.4 Å². The van der Waals surface area contributed by atoms with Crippen LogP contribution in [0, 0.1) is 0 Å². The highest BCUT2D eigenvalue weighted by atomic mass is 14.7. The van der Waals surface area contributed by atoms with Crippen molar-refractivity contribution in [1.82, 2.24) is 4.98 Å². The first-order chi connectivity index (χ1) is 12.8.